The maximum absolute atomic E-state index is 12.7. The number of rotatable bonds is 2. The Morgan fingerprint density at radius 2 is 1.60 bits per heavy atom. The van der Waals surface area contributed by atoms with Gasteiger partial charge in [0, 0.05) is 0 Å². The molecule has 5 heteroatoms. The third-order valence-corrected chi connectivity index (χ3v) is 5.43. The lowest BCUT2D eigenvalue weighted by molar-refractivity contribution is 0.457. The standard InChI is InChI=1S/C15H16O4S/c1-9-5-4-6-13(17)15(9)20(18,19)14-8-12(16)7-10(2)11(14)3/h4-8,16-17H,1-3H3. The van der Waals surface area contributed by atoms with Gasteiger partial charge in [-0.15, -0.1) is 0 Å². The first-order valence-corrected chi connectivity index (χ1v) is 7.57. The molecule has 0 aromatic heterocycles. The Kier molecular flexibility index (Phi) is 3.48. The topological polar surface area (TPSA) is 74.6 Å². The van der Waals surface area contributed by atoms with E-state index in [1.165, 1.54) is 18.2 Å². The Labute approximate surface area is 118 Å². The summed E-state index contributed by atoms with van der Waals surface area (Å²) in [5.74, 6) is -0.398. The fourth-order valence-corrected chi connectivity index (χ4v) is 4.08. The molecule has 0 saturated carbocycles. The Hall–Kier alpha value is -2.01. The first-order chi connectivity index (χ1) is 9.25. The van der Waals surface area contributed by atoms with E-state index >= 15 is 0 Å². The van der Waals surface area contributed by atoms with Gasteiger partial charge in [0.2, 0.25) is 9.84 Å². The Morgan fingerprint density at radius 1 is 0.950 bits per heavy atom. The first-order valence-electron chi connectivity index (χ1n) is 6.09. The SMILES string of the molecule is Cc1cc(O)cc(S(=O)(=O)c2c(C)cccc2O)c1C. The zero-order valence-electron chi connectivity index (χ0n) is 11.5. The summed E-state index contributed by atoms with van der Waals surface area (Å²) in [6, 6.07) is 7.27. The maximum Gasteiger partial charge on any atom is 0.210 e. The fraction of sp³-hybridized carbons (Fsp3) is 0.200. The fourth-order valence-electron chi connectivity index (χ4n) is 2.18. The molecular formula is C15H16O4S. The number of aromatic hydroxyl groups is 2. The third kappa shape index (κ3) is 2.25. The van der Waals surface area contributed by atoms with E-state index in [1.807, 2.05) is 0 Å². The van der Waals surface area contributed by atoms with Crippen LogP contribution in [-0.2, 0) is 9.84 Å². The van der Waals surface area contributed by atoms with Crippen molar-refractivity contribution < 1.29 is 18.6 Å². The van der Waals surface area contributed by atoms with Crippen LogP contribution in [0.15, 0.2) is 40.1 Å². The third-order valence-electron chi connectivity index (χ3n) is 3.35. The van der Waals surface area contributed by atoms with Crippen LogP contribution in [0.25, 0.3) is 0 Å². The second-order valence-corrected chi connectivity index (χ2v) is 6.67. The average Bonchev–Trinajstić information content (AvgIpc) is 2.33. The highest BCUT2D eigenvalue weighted by Gasteiger charge is 2.26. The molecule has 2 aromatic rings. The maximum atomic E-state index is 12.7. The number of phenolic OH excluding ortho intramolecular Hbond substituents is 2. The van der Waals surface area contributed by atoms with Crippen molar-refractivity contribution in [3.63, 3.8) is 0 Å². The smallest absolute Gasteiger partial charge is 0.210 e. The number of aryl methyl sites for hydroxylation is 2. The predicted molar refractivity (Wildman–Crippen MR) is 75.9 cm³/mol. The Bertz CT molecular complexity index is 756. The summed E-state index contributed by atoms with van der Waals surface area (Å²) in [6.07, 6.45) is 0. The van der Waals surface area contributed by atoms with Crippen molar-refractivity contribution in [2.24, 2.45) is 0 Å². The zero-order valence-corrected chi connectivity index (χ0v) is 12.3. The second-order valence-electron chi connectivity index (χ2n) is 4.81. The normalized spacial score (nSPS) is 11.6. The van der Waals surface area contributed by atoms with Crippen molar-refractivity contribution in [2.75, 3.05) is 0 Å². The molecule has 4 nitrogen and oxygen atoms in total. The molecular weight excluding hydrogens is 276 g/mol. The Balaban J connectivity index is 2.81. The minimum atomic E-state index is -3.89. The summed E-state index contributed by atoms with van der Waals surface area (Å²) in [7, 11) is -3.89. The first kappa shape index (κ1) is 14.4. The molecule has 20 heavy (non-hydrogen) atoms. The van der Waals surface area contributed by atoms with Gasteiger partial charge in [0.1, 0.15) is 16.4 Å². The van der Waals surface area contributed by atoms with Gasteiger partial charge in [0.15, 0.2) is 0 Å². The summed E-state index contributed by atoms with van der Waals surface area (Å²) < 4.78 is 25.5. The molecule has 0 fully saturated rings. The van der Waals surface area contributed by atoms with E-state index in [9.17, 15) is 18.6 Å². The van der Waals surface area contributed by atoms with Gasteiger partial charge >= 0.3 is 0 Å². The summed E-state index contributed by atoms with van der Waals surface area (Å²) in [5.41, 5.74) is 1.70. The van der Waals surface area contributed by atoms with Crippen LogP contribution in [0.5, 0.6) is 11.5 Å². The molecule has 106 valence electrons. The number of hydrogen-bond acceptors (Lipinski definition) is 4. The summed E-state index contributed by atoms with van der Waals surface area (Å²) in [6.45, 7) is 5.03. The molecule has 0 heterocycles. The number of phenols is 2. The summed E-state index contributed by atoms with van der Waals surface area (Å²) >= 11 is 0. The van der Waals surface area contributed by atoms with Gasteiger partial charge in [-0.3, -0.25) is 0 Å². The molecule has 0 amide bonds. The van der Waals surface area contributed by atoms with Crippen LogP contribution in [0.1, 0.15) is 16.7 Å². The van der Waals surface area contributed by atoms with Gasteiger partial charge in [-0.2, -0.15) is 0 Å². The van der Waals surface area contributed by atoms with Gasteiger partial charge in [0.25, 0.3) is 0 Å². The van der Waals surface area contributed by atoms with Crippen LogP contribution in [0.4, 0.5) is 0 Å². The summed E-state index contributed by atoms with van der Waals surface area (Å²) in [4.78, 5) is -0.104. The highest BCUT2D eigenvalue weighted by atomic mass is 32.2. The quantitative estimate of drug-likeness (QED) is 0.892. The van der Waals surface area contributed by atoms with E-state index in [0.29, 0.717) is 16.7 Å². The largest absolute Gasteiger partial charge is 0.508 e. The monoisotopic (exact) mass is 292 g/mol. The average molecular weight is 292 g/mol. The highest BCUT2D eigenvalue weighted by molar-refractivity contribution is 7.91. The molecule has 0 unspecified atom stereocenters. The van der Waals surface area contributed by atoms with Crippen molar-refractivity contribution in [3.05, 3.63) is 47.0 Å². The van der Waals surface area contributed by atoms with Crippen molar-refractivity contribution in [3.8, 4) is 11.5 Å². The molecule has 0 aliphatic heterocycles. The molecule has 0 aliphatic carbocycles. The Morgan fingerprint density at radius 3 is 2.20 bits per heavy atom. The molecule has 0 spiro atoms. The van der Waals surface area contributed by atoms with Crippen LogP contribution < -0.4 is 0 Å². The van der Waals surface area contributed by atoms with Crippen LogP contribution in [0.3, 0.4) is 0 Å². The van der Waals surface area contributed by atoms with Crippen LogP contribution in [0, 0.1) is 20.8 Å². The van der Waals surface area contributed by atoms with Crippen LogP contribution in [-0.4, -0.2) is 18.6 Å². The lowest BCUT2D eigenvalue weighted by Gasteiger charge is -2.13. The van der Waals surface area contributed by atoms with Crippen LogP contribution >= 0.6 is 0 Å². The van der Waals surface area contributed by atoms with E-state index in [4.69, 9.17) is 0 Å². The molecule has 2 aromatic carbocycles. The van der Waals surface area contributed by atoms with Crippen LogP contribution in [0.2, 0.25) is 0 Å². The number of benzene rings is 2. The van der Waals surface area contributed by atoms with Gasteiger partial charge in [-0.1, -0.05) is 12.1 Å². The van der Waals surface area contributed by atoms with Gasteiger partial charge in [0.05, 0.1) is 4.90 Å². The van der Waals surface area contributed by atoms with E-state index in [-0.39, 0.29) is 21.3 Å². The van der Waals surface area contributed by atoms with E-state index in [0.717, 1.165) is 0 Å². The number of hydrogen-bond donors (Lipinski definition) is 2. The molecule has 0 bridgehead atoms. The van der Waals surface area contributed by atoms with Crippen molar-refractivity contribution in [2.45, 2.75) is 30.6 Å². The summed E-state index contributed by atoms with van der Waals surface area (Å²) in [5, 5.41) is 19.5. The number of sulfone groups is 1. The molecule has 0 radical (unpaired) electrons. The van der Waals surface area contributed by atoms with E-state index < -0.39 is 9.84 Å². The zero-order chi connectivity index (χ0) is 15.1. The molecule has 0 aliphatic rings. The highest BCUT2D eigenvalue weighted by Crippen LogP contribution is 2.35. The molecule has 0 atom stereocenters. The van der Waals surface area contributed by atoms with E-state index in [1.54, 1.807) is 32.9 Å². The molecule has 2 N–H and O–H groups in total. The molecule has 2 rings (SSSR count). The lowest BCUT2D eigenvalue weighted by Crippen LogP contribution is -2.07. The molecule has 0 saturated heterocycles. The van der Waals surface area contributed by atoms with E-state index in [2.05, 4.69) is 0 Å². The second kappa shape index (κ2) is 4.83. The minimum absolute atomic E-state index is 0.0135. The predicted octanol–water partition coefficient (Wildman–Crippen LogP) is 2.86. The van der Waals surface area contributed by atoms with Gasteiger partial charge < -0.3 is 10.2 Å². The van der Waals surface area contributed by atoms with Gasteiger partial charge in [-0.25, -0.2) is 8.42 Å². The van der Waals surface area contributed by atoms with Crippen molar-refractivity contribution >= 4 is 9.84 Å². The van der Waals surface area contributed by atoms with Crippen molar-refractivity contribution in [1.29, 1.82) is 0 Å². The minimum Gasteiger partial charge on any atom is -0.508 e. The van der Waals surface area contributed by atoms with Crippen molar-refractivity contribution in [1.82, 2.24) is 0 Å². The lowest BCUT2D eigenvalue weighted by atomic mass is 10.1. The van der Waals surface area contributed by atoms with Gasteiger partial charge in [-0.05, 0) is 55.7 Å².